The molecule has 0 aromatic heterocycles. The molecule has 0 radical (unpaired) electrons. The third-order valence-electron chi connectivity index (χ3n) is 5.45. The van der Waals surface area contributed by atoms with Crippen LogP contribution in [0.2, 0.25) is 0 Å². The first kappa shape index (κ1) is 24.3. The molecule has 182 valence electrons. The Balaban J connectivity index is 1.64. The number of benzene rings is 3. The summed E-state index contributed by atoms with van der Waals surface area (Å²) in [5.41, 5.74) is 2.11. The fourth-order valence-corrected chi connectivity index (χ4v) is 5.04. The van der Waals surface area contributed by atoms with Crippen LogP contribution >= 0.6 is 0 Å². The van der Waals surface area contributed by atoms with Gasteiger partial charge in [-0.2, -0.15) is 0 Å². The van der Waals surface area contributed by atoms with Gasteiger partial charge in [-0.1, -0.05) is 42.5 Å². The predicted octanol–water partition coefficient (Wildman–Crippen LogP) is 3.98. The van der Waals surface area contributed by atoms with Crippen LogP contribution in [0.25, 0.3) is 6.08 Å². The molecule has 3 aromatic carbocycles. The lowest BCUT2D eigenvalue weighted by Crippen LogP contribution is -2.37. The first-order valence-corrected chi connectivity index (χ1v) is 12.6. The molecule has 3 aromatic rings. The Hall–Kier alpha value is -3.82. The summed E-state index contributed by atoms with van der Waals surface area (Å²) in [6.07, 6.45) is 3.10. The van der Waals surface area contributed by atoms with Crippen LogP contribution in [0.1, 0.15) is 5.56 Å². The lowest BCUT2D eigenvalue weighted by atomic mass is 10.2. The molecular formula is C26H27N3O5S. The van der Waals surface area contributed by atoms with Crippen LogP contribution < -0.4 is 19.7 Å². The Kier molecular flexibility index (Phi) is 7.69. The molecule has 35 heavy (non-hydrogen) atoms. The molecule has 1 saturated heterocycles. The lowest BCUT2D eigenvalue weighted by molar-refractivity contribution is -0.111. The van der Waals surface area contributed by atoms with E-state index in [1.54, 1.807) is 42.5 Å². The molecule has 0 atom stereocenters. The quantitative estimate of drug-likeness (QED) is 0.461. The lowest BCUT2D eigenvalue weighted by Gasteiger charge is -2.30. The average Bonchev–Trinajstić information content (AvgIpc) is 2.89. The molecule has 0 spiro atoms. The van der Waals surface area contributed by atoms with Crippen molar-refractivity contribution in [2.75, 3.05) is 48.4 Å². The molecule has 0 aliphatic carbocycles. The molecule has 0 bridgehead atoms. The van der Waals surface area contributed by atoms with Gasteiger partial charge < -0.3 is 19.7 Å². The smallest absolute Gasteiger partial charge is 0.264 e. The number of nitrogens with one attached hydrogen (secondary N) is 2. The second-order valence-corrected chi connectivity index (χ2v) is 9.47. The van der Waals surface area contributed by atoms with E-state index in [1.165, 1.54) is 19.3 Å². The van der Waals surface area contributed by atoms with Crippen LogP contribution in [-0.2, 0) is 19.6 Å². The van der Waals surface area contributed by atoms with Gasteiger partial charge in [-0.3, -0.25) is 9.52 Å². The zero-order valence-electron chi connectivity index (χ0n) is 19.3. The maximum Gasteiger partial charge on any atom is 0.264 e. The Bertz CT molecular complexity index is 1300. The van der Waals surface area contributed by atoms with Gasteiger partial charge in [0.05, 0.1) is 31.7 Å². The van der Waals surface area contributed by atoms with E-state index in [0.29, 0.717) is 49.1 Å². The number of rotatable bonds is 8. The summed E-state index contributed by atoms with van der Waals surface area (Å²) in [6.45, 7) is 2.12. The van der Waals surface area contributed by atoms with Crippen molar-refractivity contribution in [1.82, 2.24) is 0 Å². The minimum atomic E-state index is -4.02. The zero-order valence-corrected chi connectivity index (χ0v) is 20.1. The molecule has 1 aliphatic heterocycles. The SMILES string of the molecule is COc1ccccc1NS(=O)(=O)c1cc(NC(=O)/C=C\c2ccccc2)ccc1N1CCOCC1. The van der Waals surface area contributed by atoms with Gasteiger partial charge in [0.1, 0.15) is 10.6 Å². The normalized spacial score (nSPS) is 14.0. The van der Waals surface area contributed by atoms with Crippen molar-refractivity contribution < 1.29 is 22.7 Å². The first-order valence-electron chi connectivity index (χ1n) is 11.1. The molecule has 1 fully saturated rings. The first-order chi connectivity index (χ1) is 17.0. The van der Waals surface area contributed by atoms with Crippen LogP contribution in [0.4, 0.5) is 17.1 Å². The van der Waals surface area contributed by atoms with E-state index in [1.807, 2.05) is 35.2 Å². The highest BCUT2D eigenvalue weighted by atomic mass is 32.2. The number of amides is 1. The number of morpholine rings is 1. The number of methoxy groups -OCH3 is 1. The second-order valence-electron chi connectivity index (χ2n) is 7.82. The van der Waals surface area contributed by atoms with Crippen molar-refractivity contribution in [3.05, 3.63) is 84.4 Å². The summed E-state index contributed by atoms with van der Waals surface area (Å²) in [5, 5.41) is 2.76. The van der Waals surface area contributed by atoms with E-state index in [0.717, 1.165) is 5.56 Å². The summed E-state index contributed by atoms with van der Waals surface area (Å²) in [6, 6.07) is 21.1. The van der Waals surface area contributed by atoms with Crippen molar-refractivity contribution in [2.45, 2.75) is 4.90 Å². The number of sulfonamides is 1. The molecular weight excluding hydrogens is 466 g/mol. The van der Waals surface area contributed by atoms with Gasteiger partial charge in [-0.25, -0.2) is 8.42 Å². The number of ether oxygens (including phenoxy) is 2. The fraction of sp³-hybridized carbons (Fsp3) is 0.192. The Labute approximate surface area is 205 Å². The van der Waals surface area contributed by atoms with Crippen molar-refractivity contribution >= 4 is 39.1 Å². The number of anilines is 3. The number of hydrogen-bond acceptors (Lipinski definition) is 6. The van der Waals surface area contributed by atoms with E-state index in [9.17, 15) is 13.2 Å². The number of para-hydroxylation sites is 2. The molecule has 8 nitrogen and oxygen atoms in total. The van der Waals surface area contributed by atoms with Gasteiger partial charge in [0.15, 0.2) is 0 Å². The largest absolute Gasteiger partial charge is 0.495 e. The van der Waals surface area contributed by atoms with Crippen molar-refractivity contribution in [3.8, 4) is 5.75 Å². The van der Waals surface area contributed by atoms with Crippen molar-refractivity contribution in [3.63, 3.8) is 0 Å². The number of nitrogens with zero attached hydrogens (tertiary/aromatic N) is 1. The highest BCUT2D eigenvalue weighted by molar-refractivity contribution is 7.93. The van der Waals surface area contributed by atoms with Crippen molar-refractivity contribution in [1.29, 1.82) is 0 Å². The number of hydrogen-bond donors (Lipinski definition) is 2. The molecule has 9 heteroatoms. The van der Waals surface area contributed by atoms with Gasteiger partial charge in [-0.15, -0.1) is 0 Å². The van der Waals surface area contributed by atoms with Gasteiger partial charge >= 0.3 is 0 Å². The van der Waals surface area contributed by atoms with E-state index in [4.69, 9.17) is 9.47 Å². The number of carbonyl (C=O) groups is 1. The highest BCUT2D eigenvalue weighted by Crippen LogP contribution is 2.33. The molecule has 1 aliphatic rings. The van der Waals surface area contributed by atoms with E-state index in [2.05, 4.69) is 10.0 Å². The average molecular weight is 494 g/mol. The minimum absolute atomic E-state index is 0.0511. The van der Waals surface area contributed by atoms with Crippen LogP contribution in [0, 0.1) is 0 Å². The molecule has 2 N–H and O–H groups in total. The van der Waals surface area contributed by atoms with E-state index < -0.39 is 10.0 Å². The van der Waals surface area contributed by atoms with Crippen molar-refractivity contribution in [2.24, 2.45) is 0 Å². The zero-order chi connectivity index (χ0) is 24.7. The summed E-state index contributed by atoms with van der Waals surface area (Å²) in [5.74, 6) is 0.0357. The van der Waals surface area contributed by atoms with Gasteiger partial charge in [0.25, 0.3) is 10.0 Å². The number of carbonyl (C=O) groups excluding carboxylic acids is 1. The topological polar surface area (TPSA) is 97.0 Å². The highest BCUT2D eigenvalue weighted by Gasteiger charge is 2.25. The Morgan fingerprint density at radius 3 is 2.46 bits per heavy atom. The molecule has 1 amide bonds. The third kappa shape index (κ3) is 6.20. The minimum Gasteiger partial charge on any atom is -0.495 e. The Morgan fingerprint density at radius 2 is 1.71 bits per heavy atom. The molecule has 4 rings (SSSR count). The van der Waals surface area contributed by atoms with Gasteiger partial charge in [0, 0.05) is 24.9 Å². The summed E-state index contributed by atoms with van der Waals surface area (Å²) in [4.78, 5) is 14.5. The van der Waals surface area contributed by atoms with E-state index in [-0.39, 0.29) is 10.8 Å². The summed E-state index contributed by atoms with van der Waals surface area (Å²) in [7, 11) is -2.54. The van der Waals surface area contributed by atoms with E-state index >= 15 is 0 Å². The maximum absolute atomic E-state index is 13.5. The monoisotopic (exact) mass is 493 g/mol. The van der Waals surface area contributed by atoms with Gasteiger partial charge in [0.2, 0.25) is 5.91 Å². The third-order valence-corrected chi connectivity index (χ3v) is 6.84. The maximum atomic E-state index is 13.5. The molecule has 1 heterocycles. The van der Waals surface area contributed by atoms with Crippen LogP contribution in [0.5, 0.6) is 5.75 Å². The Morgan fingerprint density at radius 1 is 1.00 bits per heavy atom. The second kappa shape index (κ2) is 11.1. The molecule has 0 saturated carbocycles. The summed E-state index contributed by atoms with van der Waals surface area (Å²) >= 11 is 0. The standard InChI is InChI=1S/C26H27N3O5S/c1-33-24-10-6-5-9-22(24)28-35(31,32)25-19-21(12-13-23(25)29-15-17-34-18-16-29)27-26(30)14-11-20-7-3-2-4-8-20/h2-14,19,28H,15-18H2,1H3,(H,27,30)/b14-11-. The van der Waals surface area contributed by atoms with Gasteiger partial charge in [-0.05, 0) is 42.0 Å². The van der Waals surface area contributed by atoms with Crippen LogP contribution in [0.3, 0.4) is 0 Å². The summed E-state index contributed by atoms with van der Waals surface area (Å²) < 4.78 is 40.4. The van der Waals surface area contributed by atoms with Crippen LogP contribution in [-0.4, -0.2) is 47.7 Å². The molecule has 0 unspecified atom stereocenters. The van der Waals surface area contributed by atoms with Crippen LogP contribution in [0.15, 0.2) is 83.8 Å². The predicted molar refractivity (Wildman–Crippen MR) is 137 cm³/mol. The fourth-order valence-electron chi connectivity index (χ4n) is 3.72.